The Morgan fingerprint density at radius 3 is 3.05 bits per heavy atom. The first kappa shape index (κ1) is 15.5. The maximum Gasteiger partial charge on any atom is 0.220 e. The van der Waals surface area contributed by atoms with Crippen LogP contribution in [0.4, 0.5) is 0 Å². The smallest absolute Gasteiger partial charge is 0.220 e. The first-order chi connectivity index (χ1) is 9.84. The molecule has 1 aromatic heterocycles. The lowest BCUT2D eigenvalue weighted by Gasteiger charge is -2.22. The average molecular weight is 296 g/mol. The Labute approximate surface area is 124 Å². The SMILES string of the molecule is O=C(CCCc1cccs1)NCCOC1CCNCC1. The topological polar surface area (TPSA) is 50.4 Å². The van der Waals surface area contributed by atoms with Crippen molar-refractivity contribution >= 4 is 17.2 Å². The summed E-state index contributed by atoms with van der Waals surface area (Å²) in [6.45, 7) is 3.34. The molecule has 0 saturated carbocycles. The second-order valence-corrected chi connectivity index (χ2v) is 6.14. The third-order valence-corrected chi connectivity index (χ3v) is 4.41. The first-order valence-corrected chi connectivity index (χ1v) is 8.34. The van der Waals surface area contributed by atoms with Crippen LogP contribution in [-0.2, 0) is 16.0 Å². The van der Waals surface area contributed by atoms with Gasteiger partial charge in [-0.1, -0.05) is 6.07 Å². The standard InChI is InChI=1S/C15H24N2O2S/c18-15(5-1-3-14-4-2-12-20-14)17-10-11-19-13-6-8-16-9-7-13/h2,4,12-13,16H,1,3,5-11H2,(H,17,18). The fraction of sp³-hybridized carbons (Fsp3) is 0.667. The van der Waals surface area contributed by atoms with Gasteiger partial charge in [0.05, 0.1) is 12.7 Å². The van der Waals surface area contributed by atoms with Crippen molar-refractivity contribution in [1.82, 2.24) is 10.6 Å². The molecular weight excluding hydrogens is 272 g/mol. The summed E-state index contributed by atoms with van der Waals surface area (Å²) in [5, 5.41) is 8.31. The van der Waals surface area contributed by atoms with Gasteiger partial charge in [-0.3, -0.25) is 4.79 Å². The van der Waals surface area contributed by atoms with E-state index >= 15 is 0 Å². The zero-order valence-corrected chi connectivity index (χ0v) is 12.7. The molecule has 4 nitrogen and oxygen atoms in total. The average Bonchev–Trinajstić information content (AvgIpc) is 2.98. The van der Waals surface area contributed by atoms with E-state index in [2.05, 4.69) is 28.1 Å². The predicted molar refractivity (Wildman–Crippen MR) is 82.1 cm³/mol. The van der Waals surface area contributed by atoms with Gasteiger partial charge in [0.2, 0.25) is 5.91 Å². The molecule has 1 aliphatic heterocycles. The summed E-state index contributed by atoms with van der Waals surface area (Å²) in [6, 6.07) is 4.17. The Kier molecular flexibility index (Phi) is 7.05. The predicted octanol–water partition coefficient (Wildman–Crippen LogP) is 1.96. The van der Waals surface area contributed by atoms with E-state index in [1.807, 2.05) is 0 Å². The van der Waals surface area contributed by atoms with Crippen molar-refractivity contribution in [2.45, 2.75) is 38.2 Å². The molecular formula is C15H24N2O2S. The monoisotopic (exact) mass is 296 g/mol. The van der Waals surface area contributed by atoms with Crippen molar-refractivity contribution < 1.29 is 9.53 Å². The van der Waals surface area contributed by atoms with Crippen LogP contribution in [0.15, 0.2) is 17.5 Å². The number of carbonyl (C=O) groups excluding carboxylic acids is 1. The van der Waals surface area contributed by atoms with Crippen molar-refractivity contribution in [3.05, 3.63) is 22.4 Å². The van der Waals surface area contributed by atoms with Crippen LogP contribution in [0.5, 0.6) is 0 Å². The highest BCUT2D eigenvalue weighted by molar-refractivity contribution is 7.09. The molecule has 1 aromatic rings. The zero-order valence-electron chi connectivity index (χ0n) is 11.9. The van der Waals surface area contributed by atoms with Crippen molar-refractivity contribution in [1.29, 1.82) is 0 Å². The summed E-state index contributed by atoms with van der Waals surface area (Å²) in [5.74, 6) is 0.135. The van der Waals surface area contributed by atoms with E-state index < -0.39 is 0 Å². The summed E-state index contributed by atoms with van der Waals surface area (Å²) in [5.41, 5.74) is 0. The van der Waals surface area contributed by atoms with Gasteiger partial charge in [0.15, 0.2) is 0 Å². The van der Waals surface area contributed by atoms with Crippen LogP contribution in [-0.4, -0.2) is 38.3 Å². The Bertz CT molecular complexity index is 375. The number of ether oxygens (including phenoxy) is 1. The quantitative estimate of drug-likeness (QED) is 0.721. The highest BCUT2D eigenvalue weighted by Gasteiger charge is 2.12. The second-order valence-electron chi connectivity index (χ2n) is 5.10. The molecule has 0 radical (unpaired) electrons. The molecule has 2 rings (SSSR count). The number of thiophene rings is 1. The van der Waals surface area contributed by atoms with Crippen LogP contribution in [0.25, 0.3) is 0 Å². The number of hydrogen-bond donors (Lipinski definition) is 2. The minimum absolute atomic E-state index is 0.135. The molecule has 1 fully saturated rings. The Balaban J connectivity index is 1.45. The minimum atomic E-state index is 0.135. The van der Waals surface area contributed by atoms with Crippen molar-refractivity contribution in [2.24, 2.45) is 0 Å². The van der Waals surface area contributed by atoms with E-state index in [9.17, 15) is 4.79 Å². The summed E-state index contributed by atoms with van der Waals surface area (Å²) >= 11 is 1.76. The lowest BCUT2D eigenvalue weighted by molar-refractivity contribution is -0.121. The fourth-order valence-electron chi connectivity index (χ4n) is 2.34. The van der Waals surface area contributed by atoms with Gasteiger partial charge in [-0.2, -0.15) is 0 Å². The summed E-state index contributed by atoms with van der Waals surface area (Å²) < 4.78 is 5.74. The van der Waals surface area contributed by atoms with Gasteiger partial charge in [-0.05, 0) is 50.2 Å². The highest BCUT2D eigenvalue weighted by atomic mass is 32.1. The summed E-state index contributed by atoms with van der Waals surface area (Å²) in [4.78, 5) is 13.0. The lowest BCUT2D eigenvalue weighted by Crippen LogP contribution is -2.34. The normalized spacial score (nSPS) is 16.2. The van der Waals surface area contributed by atoms with E-state index in [1.54, 1.807) is 11.3 Å². The van der Waals surface area contributed by atoms with Crippen LogP contribution >= 0.6 is 11.3 Å². The Morgan fingerprint density at radius 1 is 1.45 bits per heavy atom. The van der Waals surface area contributed by atoms with E-state index in [0.717, 1.165) is 38.8 Å². The maximum absolute atomic E-state index is 11.6. The molecule has 2 heterocycles. The van der Waals surface area contributed by atoms with Crippen LogP contribution in [0, 0.1) is 0 Å². The first-order valence-electron chi connectivity index (χ1n) is 7.46. The van der Waals surface area contributed by atoms with Gasteiger partial charge in [-0.15, -0.1) is 11.3 Å². The Morgan fingerprint density at radius 2 is 2.30 bits per heavy atom. The maximum atomic E-state index is 11.6. The van der Waals surface area contributed by atoms with E-state index in [0.29, 0.717) is 25.7 Å². The fourth-order valence-corrected chi connectivity index (χ4v) is 3.10. The molecule has 0 aromatic carbocycles. The van der Waals surface area contributed by atoms with Gasteiger partial charge in [0.1, 0.15) is 0 Å². The third-order valence-electron chi connectivity index (χ3n) is 3.47. The van der Waals surface area contributed by atoms with Crippen LogP contribution < -0.4 is 10.6 Å². The van der Waals surface area contributed by atoms with Gasteiger partial charge in [-0.25, -0.2) is 0 Å². The van der Waals surface area contributed by atoms with Gasteiger partial charge in [0.25, 0.3) is 0 Å². The lowest BCUT2D eigenvalue weighted by atomic mass is 10.1. The van der Waals surface area contributed by atoms with Crippen LogP contribution in [0.1, 0.15) is 30.6 Å². The molecule has 112 valence electrons. The number of nitrogens with one attached hydrogen (secondary N) is 2. The molecule has 0 spiro atoms. The van der Waals surface area contributed by atoms with Gasteiger partial charge < -0.3 is 15.4 Å². The minimum Gasteiger partial charge on any atom is -0.376 e. The van der Waals surface area contributed by atoms with Gasteiger partial charge >= 0.3 is 0 Å². The molecule has 0 unspecified atom stereocenters. The second kappa shape index (κ2) is 9.10. The van der Waals surface area contributed by atoms with Crippen molar-refractivity contribution in [3.8, 4) is 0 Å². The Hall–Kier alpha value is -0.910. The highest BCUT2D eigenvalue weighted by Crippen LogP contribution is 2.11. The van der Waals surface area contributed by atoms with Gasteiger partial charge in [0, 0.05) is 17.8 Å². The number of amides is 1. The van der Waals surface area contributed by atoms with Crippen LogP contribution in [0.3, 0.4) is 0 Å². The molecule has 0 atom stereocenters. The molecule has 1 aliphatic rings. The van der Waals surface area contributed by atoms with E-state index in [4.69, 9.17) is 4.74 Å². The largest absolute Gasteiger partial charge is 0.376 e. The van der Waals surface area contributed by atoms with Crippen molar-refractivity contribution in [3.63, 3.8) is 0 Å². The zero-order chi connectivity index (χ0) is 14.0. The summed E-state index contributed by atoms with van der Waals surface area (Å²) in [7, 11) is 0. The molecule has 0 aliphatic carbocycles. The molecule has 20 heavy (non-hydrogen) atoms. The number of piperidine rings is 1. The van der Waals surface area contributed by atoms with E-state index in [1.165, 1.54) is 4.88 Å². The summed E-state index contributed by atoms with van der Waals surface area (Å²) in [6.07, 6.45) is 5.04. The molecule has 1 saturated heterocycles. The molecule has 1 amide bonds. The number of carbonyl (C=O) groups is 1. The molecule has 0 bridgehead atoms. The van der Waals surface area contributed by atoms with Crippen LogP contribution in [0.2, 0.25) is 0 Å². The van der Waals surface area contributed by atoms with E-state index in [-0.39, 0.29) is 5.91 Å². The van der Waals surface area contributed by atoms with Crippen molar-refractivity contribution in [2.75, 3.05) is 26.2 Å². The molecule has 5 heteroatoms. The number of aryl methyl sites for hydroxylation is 1. The third kappa shape index (κ3) is 6.03. The number of rotatable bonds is 8. The molecule has 2 N–H and O–H groups in total. The number of hydrogen-bond acceptors (Lipinski definition) is 4.